The molecule has 0 amide bonds. The third kappa shape index (κ3) is 6.76. The number of hydrogen-bond acceptors (Lipinski definition) is 10. The van der Waals surface area contributed by atoms with E-state index in [0.717, 1.165) is 36.3 Å². The fourth-order valence-corrected chi connectivity index (χ4v) is 7.28. The van der Waals surface area contributed by atoms with Gasteiger partial charge in [-0.1, -0.05) is 42.5 Å². The SMILES string of the molecule is CCOC(=O)C1(Nc2c(F)c(Oc3cccc(C4=NCCN4C)c3)nc(Oc3cc(C#N)ccc3OCc3ccccc3)c2F)CC2CCC1C2. The summed E-state index contributed by atoms with van der Waals surface area (Å²) in [5.74, 6) is -2.94. The molecule has 3 aromatic carbocycles. The Labute approximate surface area is 294 Å². The molecule has 2 heterocycles. The molecule has 2 bridgehead atoms. The Hall–Kier alpha value is -5.70. The van der Waals surface area contributed by atoms with Crippen LogP contribution in [0, 0.1) is 34.8 Å². The van der Waals surface area contributed by atoms with Gasteiger partial charge in [0.1, 0.15) is 29.4 Å². The molecule has 0 saturated heterocycles. The summed E-state index contributed by atoms with van der Waals surface area (Å²) in [7, 11) is 1.93. The number of amidine groups is 1. The van der Waals surface area contributed by atoms with Gasteiger partial charge >= 0.3 is 5.97 Å². The van der Waals surface area contributed by atoms with E-state index < -0.39 is 40.6 Å². The van der Waals surface area contributed by atoms with Crippen molar-refractivity contribution in [3.63, 3.8) is 0 Å². The number of likely N-dealkylation sites (N-methyl/N-ethyl adjacent to an activating group) is 1. The van der Waals surface area contributed by atoms with Crippen LogP contribution in [0.2, 0.25) is 0 Å². The summed E-state index contributed by atoms with van der Waals surface area (Å²) in [5, 5.41) is 12.6. The summed E-state index contributed by atoms with van der Waals surface area (Å²) in [5.41, 5.74) is -0.148. The lowest BCUT2D eigenvalue weighted by molar-refractivity contribution is -0.150. The number of ether oxygens (including phenoxy) is 4. The van der Waals surface area contributed by atoms with Crippen LogP contribution < -0.4 is 19.5 Å². The van der Waals surface area contributed by atoms with E-state index in [2.05, 4.69) is 15.3 Å². The molecular formula is C39H37F2N5O5. The first-order valence-corrected chi connectivity index (χ1v) is 17.0. The van der Waals surface area contributed by atoms with Crippen molar-refractivity contribution in [3.8, 4) is 35.1 Å². The molecule has 7 rings (SSSR count). The number of nitrogens with zero attached hydrogens (tertiary/aromatic N) is 4. The second-order valence-electron chi connectivity index (χ2n) is 13.0. The van der Waals surface area contributed by atoms with E-state index in [0.29, 0.717) is 19.4 Å². The van der Waals surface area contributed by atoms with Gasteiger partial charge in [0.2, 0.25) is 11.6 Å². The van der Waals surface area contributed by atoms with Crippen LogP contribution in [0.5, 0.6) is 29.0 Å². The minimum absolute atomic E-state index is 0.0239. The molecule has 262 valence electrons. The maximum atomic E-state index is 16.7. The lowest BCUT2D eigenvalue weighted by Gasteiger charge is -2.37. The fourth-order valence-electron chi connectivity index (χ4n) is 7.28. The zero-order valence-electron chi connectivity index (χ0n) is 28.3. The largest absolute Gasteiger partial charge is 0.485 e. The van der Waals surface area contributed by atoms with Crippen LogP contribution in [0.15, 0.2) is 77.8 Å². The highest BCUT2D eigenvalue weighted by atomic mass is 19.1. The van der Waals surface area contributed by atoms with Gasteiger partial charge in [-0.3, -0.25) is 4.99 Å². The van der Waals surface area contributed by atoms with E-state index in [9.17, 15) is 10.1 Å². The van der Waals surface area contributed by atoms with E-state index in [4.69, 9.17) is 18.9 Å². The summed E-state index contributed by atoms with van der Waals surface area (Å²) in [6.07, 6.45) is 2.74. The Morgan fingerprint density at radius 1 is 1.02 bits per heavy atom. The molecular weight excluding hydrogens is 656 g/mol. The summed E-state index contributed by atoms with van der Waals surface area (Å²) in [6.45, 7) is 3.37. The van der Waals surface area contributed by atoms with Gasteiger partial charge in [-0.25, -0.2) is 4.79 Å². The monoisotopic (exact) mass is 693 g/mol. The van der Waals surface area contributed by atoms with Crippen molar-refractivity contribution in [2.24, 2.45) is 16.8 Å². The molecule has 1 aromatic heterocycles. The van der Waals surface area contributed by atoms with Crippen LogP contribution >= 0.6 is 0 Å². The lowest BCUT2D eigenvalue weighted by atomic mass is 9.80. The minimum Gasteiger partial charge on any atom is -0.485 e. The summed E-state index contributed by atoms with van der Waals surface area (Å²) in [6, 6.07) is 22.8. The Morgan fingerprint density at radius 3 is 2.51 bits per heavy atom. The first kappa shape index (κ1) is 33.8. The van der Waals surface area contributed by atoms with Gasteiger partial charge < -0.3 is 29.2 Å². The van der Waals surface area contributed by atoms with Crippen molar-refractivity contribution in [3.05, 3.63) is 101 Å². The molecule has 3 atom stereocenters. The van der Waals surface area contributed by atoms with Gasteiger partial charge in [0.15, 0.2) is 11.5 Å². The van der Waals surface area contributed by atoms with E-state index in [1.54, 1.807) is 31.2 Å². The number of carbonyl (C=O) groups excluding carboxylic acids is 1. The number of halogens is 2. The van der Waals surface area contributed by atoms with Crippen LogP contribution in [-0.4, -0.2) is 54.0 Å². The Bertz CT molecular complexity index is 2020. The molecule has 51 heavy (non-hydrogen) atoms. The number of aliphatic imine (C=N–C) groups is 1. The molecule has 0 radical (unpaired) electrons. The highest BCUT2D eigenvalue weighted by Gasteiger charge is 2.57. The second kappa shape index (κ2) is 14.3. The molecule has 2 fully saturated rings. The topological polar surface area (TPSA) is 118 Å². The Balaban J connectivity index is 1.30. The average Bonchev–Trinajstić information content (AvgIpc) is 3.89. The van der Waals surface area contributed by atoms with Crippen molar-refractivity contribution in [1.82, 2.24) is 9.88 Å². The molecule has 1 N–H and O–H groups in total. The van der Waals surface area contributed by atoms with Crippen molar-refractivity contribution in [1.29, 1.82) is 5.26 Å². The lowest BCUT2D eigenvalue weighted by Crippen LogP contribution is -2.52. The van der Waals surface area contributed by atoms with Crippen LogP contribution in [0.25, 0.3) is 0 Å². The first-order chi connectivity index (χ1) is 24.8. The van der Waals surface area contributed by atoms with Gasteiger partial charge in [-0.2, -0.15) is 19.0 Å². The molecule has 3 unspecified atom stereocenters. The number of hydrogen-bond donors (Lipinski definition) is 1. The van der Waals surface area contributed by atoms with Crippen LogP contribution in [0.1, 0.15) is 49.3 Å². The first-order valence-electron chi connectivity index (χ1n) is 17.0. The normalized spacial score (nSPS) is 20.5. The third-order valence-corrected chi connectivity index (χ3v) is 9.74. The zero-order chi connectivity index (χ0) is 35.5. The van der Waals surface area contributed by atoms with E-state index in [1.807, 2.05) is 54.4 Å². The number of fused-ring (bicyclic) bond motifs is 2. The quantitative estimate of drug-likeness (QED) is 0.150. The molecule has 0 spiro atoms. The van der Waals surface area contributed by atoms with Gasteiger partial charge in [0, 0.05) is 25.2 Å². The molecule has 2 aliphatic carbocycles. The predicted molar refractivity (Wildman–Crippen MR) is 185 cm³/mol. The fraction of sp³-hybridized carbons (Fsp3) is 0.333. The molecule has 4 aromatic rings. The zero-order valence-corrected chi connectivity index (χ0v) is 28.3. The summed E-state index contributed by atoms with van der Waals surface area (Å²) >= 11 is 0. The number of esters is 1. The van der Waals surface area contributed by atoms with Crippen LogP contribution in [0.4, 0.5) is 14.5 Å². The number of benzene rings is 3. The number of anilines is 1. The van der Waals surface area contributed by atoms with Crippen LogP contribution in [-0.2, 0) is 16.1 Å². The van der Waals surface area contributed by atoms with Gasteiger partial charge in [0.25, 0.3) is 11.8 Å². The second-order valence-corrected chi connectivity index (χ2v) is 13.0. The number of nitrogens with one attached hydrogen (secondary N) is 1. The third-order valence-electron chi connectivity index (χ3n) is 9.74. The number of nitriles is 1. The van der Waals surface area contributed by atoms with E-state index in [-0.39, 0.29) is 47.9 Å². The number of carbonyl (C=O) groups is 1. The predicted octanol–water partition coefficient (Wildman–Crippen LogP) is 7.62. The maximum Gasteiger partial charge on any atom is 0.332 e. The smallest absolute Gasteiger partial charge is 0.332 e. The maximum absolute atomic E-state index is 16.7. The van der Waals surface area contributed by atoms with Gasteiger partial charge in [-0.05, 0) is 74.3 Å². The Morgan fingerprint density at radius 2 is 1.82 bits per heavy atom. The van der Waals surface area contributed by atoms with Crippen molar-refractivity contribution >= 4 is 17.5 Å². The Kier molecular flexibility index (Phi) is 9.45. The van der Waals surface area contributed by atoms with Crippen LogP contribution in [0.3, 0.4) is 0 Å². The standard InChI is InChI=1S/C39H37F2N5O5/c1-3-48-38(47)39(21-25-12-14-28(39)18-25)45-34-32(40)36(50-29-11-7-10-27(20-29)35-43-16-17-46(35)2)44-37(33(34)41)51-31-19-26(22-42)13-15-30(31)49-23-24-8-5-4-6-9-24/h4-11,13,15,19-20,25,28H,3,12,14,16-18,21,23H2,1-2H3,(H,44,45). The van der Waals surface area contributed by atoms with E-state index >= 15 is 8.78 Å². The van der Waals surface area contributed by atoms with Crippen molar-refractivity contribution in [2.45, 2.75) is 44.8 Å². The number of rotatable bonds is 12. The highest BCUT2D eigenvalue weighted by Crippen LogP contribution is 2.53. The summed E-state index contributed by atoms with van der Waals surface area (Å²) in [4.78, 5) is 24.3. The van der Waals surface area contributed by atoms with Gasteiger partial charge in [0.05, 0.1) is 24.8 Å². The molecule has 2 saturated carbocycles. The molecule has 3 aliphatic rings. The van der Waals surface area contributed by atoms with Crippen molar-refractivity contribution in [2.75, 3.05) is 32.1 Å². The highest BCUT2D eigenvalue weighted by molar-refractivity contribution is 5.99. The average molecular weight is 694 g/mol. The number of pyridine rings is 1. The number of aromatic nitrogens is 1. The van der Waals surface area contributed by atoms with Crippen molar-refractivity contribution < 1.29 is 32.5 Å². The van der Waals surface area contributed by atoms with Gasteiger partial charge in [-0.15, -0.1) is 0 Å². The molecule has 10 nitrogen and oxygen atoms in total. The minimum atomic E-state index is -1.35. The van der Waals surface area contributed by atoms with E-state index in [1.165, 1.54) is 12.1 Å². The molecule has 12 heteroatoms. The summed E-state index contributed by atoms with van der Waals surface area (Å²) < 4.78 is 56.9. The molecule has 1 aliphatic heterocycles.